The van der Waals surface area contributed by atoms with Gasteiger partial charge in [-0.25, -0.2) is 0 Å². The highest BCUT2D eigenvalue weighted by Crippen LogP contribution is 2.24. The van der Waals surface area contributed by atoms with Gasteiger partial charge in [0.2, 0.25) is 0 Å². The maximum absolute atomic E-state index is 5.89. The van der Waals surface area contributed by atoms with Crippen LogP contribution in [0, 0.1) is 0 Å². The lowest BCUT2D eigenvalue weighted by Crippen LogP contribution is -2.05. The van der Waals surface area contributed by atoms with Crippen LogP contribution in [0.15, 0.2) is 46.9 Å². The first-order valence-corrected chi connectivity index (χ1v) is 7.26. The molecule has 0 aliphatic carbocycles. The number of methoxy groups -OCH3 is 1. The first kappa shape index (κ1) is 14.9. The van der Waals surface area contributed by atoms with Crippen LogP contribution in [0.25, 0.3) is 0 Å². The summed E-state index contributed by atoms with van der Waals surface area (Å²) in [5.74, 6) is 1.73. The van der Waals surface area contributed by atoms with Crippen LogP contribution in [0.3, 0.4) is 0 Å². The Morgan fingerprint density at radius 1 is 1.10 bits per heavy atom. The van der Waals surface area contributed by atoms with E-state index in [9.17, 15) is 0 Å². The van der Waals surface area contributed by atoms with Gasteiger partial charge in [0.05, 0.1) is 7.11 Å². The third-order valence-electron chi connectivity index (χ3n) is 2.99. The molecule has 0 aliphatic heterocycles. The minimum atomic E-state index is 0.531. The third kappa shape index (κ3) is 3.99. The van der Waals surface area contributed by atoms with Crippen molar-refractivity contribution in [2.75, 3.05) is 13.7 Å². The largest absolute Gasteiger partial charge is 0.497 e. The third-order valence-corrected chi connectivity index (χ3v) is 3.48. The molecule has 0 bridgehead atoms. The SMILES string of the molecule is COc1ccc(COc2ccc(Br)cc2CCN)cc1. The van der Waals surface area contributed by atoms with Gasteiger partial charge < -0.3 is 15.2 Å². The first-order chi connectivity index (χ1) is 9.72. The summed E-state index contributed by atoms with van der Waals surface area (Å²) in [5, 5.41) is 0. The fourth-order valence-corrected chi connectivity index (χ4v) is 2.33. The summed E-state index contributed by atoms with van der Waals surface area (Å²) >= 11 is 3.47. The zero-order chi connectivity index (χ0) is 14.4. The van der Waals surface area contributed by atoms with E-state index in [1.54, 1.807) is 7.11 Å². The van der Waals surface area contributed by atoms with E-state index in [4.69, 9.17) is 15.2 Å². The monoisotopic (exact) mass is 335 g/mol. The van der Waals surface area contributed by atoms with Gasteiger partial charge >= 0.3 is 0 Å². The standard InChI is InChI=1S/C16H18BrNO2/c1-19-15-5-2-12(3-6-15)11-20-16-7-4-14(17)10-13(16)8-9-18/h2-7,10H,8-9,11,18H2,1H3. The summed E-state index contributed by atoms with van der Waals surface area (Å²) in [6, 6.07) is 13.9. The van der Waals surface area contributed by atoms with Gasteiger partial charge in [0.25, 0.3) is 0 Å². The Balaban J connectivity index is 2.05. The molecule has 0 aliphatic rings. The maximum Gasteiger partial charge on any atom is 0.123 e. The number of rotatable bonds is 6. The van der Waals surface area contributed by atoms with Gasteiger partial charge in [-0.15, -0.1) is 0 Å². The molecule has 20 heavy (non-hydrogen) atoms. The number of nitrogens with two attached hydrogens (primary N) is 1. The fourth-order valence-electron chi connectivity index (χ4n) is 1.92. The second-order valence-corrected chi connectivity index (χ2v) is 5.34. The van der Waals surface area contributed by atoms with Crippen molar-refractivity contribution < 1.29 is 9.47 Å². The molecule has 2 N–H and O–H groups in total. The number of halogens is 1. The highest BCUT2D eigenvalue weighted by Gasteiger charge is 2.05. The van der Waals surface area contributed by atoms with Crippen molar-refractivity contribution in [3.05, 3.63) is 58.1 Å². The molecule has 0 saturated heterocycles. The number of hydrogen-bond donors (Lipinski definition) is 1. The average molecular weight is 336 g/mol. The minimum Gasteiger partial charge on any atom is -0.497 e. The number of benzene rings is 2. The van der Waals surface area contributed by atoms with E-state index in [1.165, 1.54) is 0 Å². The van der Waals surface area contributed by atoms with Gasteiger partial charge in [-0.05, 0) is 54.4 Å². The zero-order valence-corrected chi connectivity index (χ0v) is 13.0. The number of ether oxygens (including phenoxy) is 2. The van der Waals surface area contributed by atoms with E-state index in [0.29, 0.717) is 13.2 Å². The van der Waals surface area contributed by atoms with E-state index in [1.807, 2.05) is 36.4 Å². The number of hydrogen-bond acceptors (Lipinski definition) is 3. The molecule has 2 rings (SSSR count). The molecule has 0 fully saturated rings. The van der Waals surface area contributed by atoms with Gasteiger partial charge in [0, 0.05) is 4.47 Å². The van der Waals surface area contributed by atoms with Crippen LogP contribution in [-0.4, -0.2) is 13.7 Å². The van der Waals surface area contributed by atoms with Crippen LogP contribution in [0.5, 0.6) is 11.5 Å². The molecule has 0 aromatic heterocycles. The summed E-state index contributed by atoms with van der Waals surface area (Å²) in [7, 11) is 1.66. The van der Waals surface area contributed by atoms with Crippen molar-refractivity contribution in [1.82, 2.24) is 0 Å². The second kappa shape index (κ2) is 7.31. The van der Waals surface area contributed by atoms with Gasteiger partial charge in [-0.2, -0.15) is 0 Å². The van der Waals surface area contributed by atoms with Crippen molar-refractivity contribution >= 4 is 15.9 Å². The summed E-state index contributed by atoms with van der Waals surface area (Å²) in [6.45, 7) is 1.14. The van der Waals surface area contributed by atoms with Crippen LogP contribution in [-0.2, 0) is 13.0 Å². The lowest BCUT2D eigenvalue weighted by molar-refractivity contribution is 0.302. The van der Waals surface area contributed by atoms with Crippen LogP contribution >= 0.6 is 15.9 Å². The van der Waals surface area contributed by atoms with Gasteiger partial charge in [0.1, 0.15) is 18.1 Å². The van der Waals surface area contributed by atoms with Crippen molar-refractivity contribution in [2.24, 2.45) is 5.73 Å². The Morgan fingerprint density at radius 3 is 2.50 bits per heavy atom. The summed E-state index contributed by atoms with van der Waals surface area (Å²) in [6.07, 6.45) is 0.803. The Morgan fingerprint density at radius 2 is 1.85 bits per heavy atom. The predicted molar refractivity (Wildman–Crippen MR) is 84.2 cm³/mol. The fraction of sp³-hybridized carbons (Fsp3) is 0.250. The molecule has 0 radical (unpaired) electrons. The summed E-state index contributed by atoms with van der Waals surface area (Å²) in [4.78, 5) is 0. The lowest BCUT2D eigenvalue weighted by Gasteiger charge is -2.12. The molecular formula is C16H18BrNO2. The van der Waals surface area contributed by atoms with E-state index in [0.717, 1.165) is 33.5 Å². The van der Waals surface area contributed by atoms with Gasteiger partial charge in [-0.3, -0.25) is 0 Å². The second-order valence-electron chi connectivity index (χ2n) is 4.43. The highest BCUT2D eigenvalue weighted by molar-refractivity contribution is 9.10. The Hall–Kier alpha value is -1.52. The minimum absolute atomic E-state index is 0.531. The molecule has 0 unspecified atom stereocenters. The van der Waals surface area contributed by atoms with E-state index in [2.05, 4.69) is 22.0 Å². The van der Waals surface area contributed by atoms with Crippen LogP contribution < -0.4 is 15.2 Å². The average Bonchev–Trinajstić information content (AvgIpc) is 2.47. The summed E-state index contributed by atoms with van der Waals surface area (Å²) < 4.78 is 12.1. The lowest BCUT2D eigenvalue weighted by atomic mass is 10.1. The summed E-state index contributed by atoms with van der Waals surface area (Å²) in [5.41, 5.74) is 7.86. The quantitative estimate of drug-likeness (QED) is 0.878. The molecule has 106 valence electrons. The van der Waals surface area contributed by atoms with E-state index >= 15 is 0 Å². The molecule has 4 heteroatoms. The van der Waals surface area contributed by atoms with Crippen LogP contribution in [0.4, 0.5) is 0 Å². The normalized spacial score (nSPS) is 10.3. The molecule has 3 nitrogen and oxygen atoms in total. The highest BCUT2D eigenvalue weighted by atomic mass is 79.9. The Kier molecular flexibility index (Phi) is 5.44. The van der Waals surface area contributed by atoms with Crippen molar-refractivity contribution in [2.45, 2.75) is 13.0 Å². The van der Waals surface area contributed by atoms with Crippen molar-refractivity contribution in [1.29, 1.82) is 0 Å². The maximum atomic E-state index is 5.89. The van der Waals surface area contributed by atoms with Gasteiger partial charge in [-0.1, -0.05) is 28.1 Å². The van der Waals surface area contributed by atoms with E-state index in [-0.39, 0.29) is 0 Å². The first-order valence-electron chi connectivity index (χ1n) is 6.47. The molecular weight excluding hydrogens is 318 g/mol. The topological polar surface area (TPSA) is 44.5 Å². The molecule has 2 aromatic rings. The molecule has 0 amide bonds. The molecule has 0 heterocycles. The van der Waals surface area contributed by atoms with E-state index < -0.39 is 0 Å². The smallest absolute Gasteiger partial charge is 0.123 e. The van der Waals surface area contributed by atoms with Crippen LogP contribution in [0.1, 0.15) is 11.1 Å². The molecule has 0 atom stereocenters. The van der Waals surface area contributed by atoms with Crippen LogP contribution in [0.2, 0.25) is 0 Å². The van der Waals surface area contributed by atoms with Gasteiger partial charge in [0.15, 0.2) is 0 Å². The molecule has 2 aromatic carbocycles. The Bertz CT molecular complexity index is 555. The van der Waals surface area contributed by atoms with Crippen molar-refractivity contribution in [3.8, 4) is 11.5 Å². The Labute approximate surface area is 127 Å². The molecule has 0 saturated carbocycles. The zero-order valence-electron chi connectivity index (χ0n) is 11.4. The van der Waals surface area contributed by atoms with Crippen molar-refractivity contribution in [3.63, 3.8) is 0 Å². The predicted octanol–water partition coefficient (Wildman–Crippen LogP) is 3.54. The molecule has 0 spiro atoms.